The Hall–Kier alpha value is -5.34. The summed E-state index contributed by atoms with van der Waals surface area (Å²) in [5.74, 6) is 6.14. The van der Waals surface area contributed by atoms with Gasteiger partial charge in [-0.15, -0.1) is 0 Å². The Morgan fingerprint density at radius 3 is 1.01 bits per heavy atom. The molecule has 0 amide bonds. The van der Waals surface area contributed by atoms with E-state index < -0.39 is 0 Å². The van der Waals surface area contributed by atoms with Crippen LogP contribution < -0.4 is 9.80 Å². The summed E-state index contributed by atoms with van der Waals surface area (Å²) in [7, 11) is 0. The fourth-order valence-electron chi connectivity index (χ4n) is 16.9. The first-order chi connectivity index (χ1) is 34.2. The van der Waals surface area contributed by atoms with E-state index in [-0.39, 0.29) is 16.2 Å². The first-order valence-corrected chi connectivity index (χ1v) is 28.2. The first kappa shape index (κ1) is 45.5. The van der Waals surface area contributed by atoms with Crippen molar-refractivity contribution in [1.29, 1.82) is 0 Å². The van der Waals surface area contributed by atoms with Crippen molar-refractivity contribution in [2.45, 2.75) is 161 Å². The van der Waals surface area contributed by atoms with Crippen molar-refractivity contribution in [3.8, 4) is 0 Å². The molecule has 7 aromatic rings. The fraction of sp³-hybridized carbons (Fsp3) is 0.449. The van der Waals surface area contributed by atoms with Crippen LogP contribution in [0.15, 0.2) is 133 Å². The van der Waals surface area contributed by atoms with Crippen molar-refractivity contribution in [3.63, 3.8) is 0 Å². The zero-order chi connectivity index (χ0) is 48.6. The number of benzene rings is 7. The smallest absolute Gasteiger partial charge is 0.0620 e. The normalized spacial score (nSPS) is 27.4. The molecular weight excluding hydrogens is 857 g/mol. The highest BCUT2D eigenvalue weighted by atomic mass is 15.2. The highest BCUT2D eigenvalue weighted by Gasteiger charge is 2.53. The number of nitrogens with zero attached hydrogens (tertiary/aromatic N) is 2. The molecule has 0 radical (unpaired) electrons. The van der Waals surface area contributed by atoms with Gasteiger partial charge < -0.3 is 9.80 Å². The molecule has 0 heterocycles. The van der Waals surface area contributed by atoms with E-state index in [2.05, 4.69) is 199 Å². The zero-order valence-corrected chi connectivity index (χ0v) is 44.2. The summed E-state index contributed by atoms with van der Waals surface area (Å²) in [5, 5.41) is 5.42. The largest absolute Gasteiger partial charge is 0.309 e. The molecule has 0 aromatic heterocycles. The summed E-state index contributed by atoms with van der Waals surface area (Å²) in [5.41, 5.74) is 16.6. The Morgan fingerprint density at radius 1 is 0.394 bits per heavy atom. The van der Waals surface area contributed by atoms with Gasteiger partial charge in [0.1, 0.15) is 0 Å². The molecule has 15 rings (SSSR count). The maximum absolute atomic E-state index is 2.75. The lowest BCUT2D eigenvalue weighted by Gasteiger charge is -2.57. The van der Waals surface area contributed by atoms with Gasteiger partial charge in [0.2, 0.25) is 0 Å². The molecule has 8 bridgehead atoms. The minimum absolute atomic E-state index is 0.0521. The molecule has 0 spiro atoms. The average Bonchev–Trinajstić information content (AvgIpc) is 3.34. The first-order valence-electron chi connectivity index (χ1n) is 28.2. The van der Waals surface area contributed by atoms with E-state index in [0.29, 0.717) is 11.8 Å². The number of fused-ring (bicyclic) bond motifs is 2. The molecule has 0 atom stereocenters. The Labute approximate surface area is 426 Å². The molecule has 8 saturated carbocycles. The van der Waals surface area contributed by atoms with Crippen molar-refractivity contribution < 1.29 is 0 Å². The number of rotatable bonds is 10. The molecule has 2 nitrogen and oxygen atoms in total. The Bertz CT molecular complexity index is 3050. The number of hydrogen-bond acceptors (Lipinski definition) is 2. The van der Waals surface area contributed by atoms with Crippen molar-refractivity contribution in [2.75, 3.05) is 9.80 Å². The van der Waals surface area contributed by atoms with E-state index >= 15 is 0 Å². The summed E-state index contributed by atoms with van der Waals surface area (Å²) >= 11 is 0. The van der Waals surface area contributed by atoms with Gasteiger partial charge in [0.15, 0.2) is 0 Å². The van der Waals surface area contributed by atoms with Crippen LogP contribution in [-0.4, -0.2) is 0 Å². The second kappa shape index (κ2) is 16.9. The van der Waals surface area contributed by atoms with Gasteiger partial charge in [-0.3, -0.25) is 0 Å². The maximum Gasteiger partial charge on any atom is 0.0620 e. The maximum atomic E-state index is 2.75. The molecule has 0 saturated heterocycles. The number of aryl methyl sites for hydroxylation is 1. The van der Waals surface area contributed by atoms with Gasteiger partial charge in [-0.25, -0.2) is 0 Å². The second-order valence-corrected chi connectivity index (χ2v) is 26.4. The lowest BCUT2D eigenvalue weighted by molar-refractivity contribution is -0.00525. The molecule has 8 aliphatic carbocycles. The van der Waals surface area contributed by atoms with Crippen LogP contribution in [0.5, 0.6) is 0 Å². The van der Waals surface area contributed by atoms with Crippen LogP contribution in [0, 0.1) is 42.4 Å². The van der Waals surface area contributed by atoms with Gasteiger partial charge in [-0.2, -0.15) is 0 Å². The van der Waals surface area contributed by atoms with Crippen molar-refractivity contribution in [1.82, 2.24) is 0 Å². The summed E-state index contributed by atoms with van der Waals surface area (Å²) in [6, 6.07) is 54.2. The van der Waals surface area contributed by atoms with E-state index in [1.807, 2.05) is 0 Å². The van der Waals surface area contributed by atoms with Gasteiger partial charge in [-0.1, -0.05) is 127 Å². The van der Waals surface area contributed by atoms with E-state index in [1.54, 1.807) is 11.1 Å². The van der Waals surface area contributed by atoms with E-state index in [9.17, 15) is 0 Å². The van der Waals surface area contributed by atoms with E-state index in [0.717, 1.165) is 35.5 Å². The minimum Gasteiger partial charge on any atom is -0.309 e. The van der Waals surface area contributed by atoms with Gasteiger partial charge in [0, 0.05) is 44.3 Å². The summed E-state index contributed by atoms with van der Waals surface area (Å²) in [6.07, 6.45) is 16.8. The van der Waals surface area contributed by atoms with Crippen LogP contribution in [0.2, 0.25) is 0 Å². The van der Waals surface area contributed by atoms with Crippen LogP contribution in [-0.2, 0) is 16.2 Å². The van der Waals surface area contributed by atoms with Crippen molar-refractivity contribution in [2.24, 2.45) is 35.5 Å². The molecular formula is C69H78N2. The Morgan fingerprint density at radius 2 is 0.704 bits per heavy atom. The predicted molar refractivity (Wildman–Crippen MR) is 302 cm³/mol. The van der Waals surface area contributed by atoms with Crippen LogP contribution in [0.3, 0.4) is 0 Å². The molecule has 71 heavy (non-hydrogen) atoms. The molecule has 0 N–H and O–H groups in total. The number of hydrogen-bond donors (Lipinski definition) is 0. The fourth-order valence-corrected chi connectivity index (χ4v) is 16.9. The van der Waals surface area contributed by atoms with Crippen LogP contribution >= 0.6 is 0 Å². The molecule has 8 fully saturated rings. The molecule has 7 aromatic carbocycles. The van der Waals surface area contributed by atoms with Crippen molar-refractivity contribution in [3.05, 3.63) is 167 Å². The third-order valence-electron chi connectivity index (χ3n) is 19.7. The Kier molecular flexibility index (Phi) is 10.8. The molecule has 8 aliphatic rings. The Balaban J connectivity index is 1.15. The number of anilines is 6. The molecule has 0 unspecified atom stereocenters. The van der Waals surface area contributed by atoms with Gasteiger partial charge in [-0.05, 0) is 236 Å². The summed E-state index contributed by atoms with van der Waals surface area (Å²) in [6.45, 7) is 18.5. The molecule has 364 valence electrons. The van der Waals surface area contributed by atoms with Crippen LogP contribution in [0.1, 0.15) is 171 Å². The average molecular weight is 935 g/mol. The van der Waals surface area contributed by atoms with Crippen molar-refractivity contribution >= 4 is 55.7 Å². The topological polar surface area (TPSA) is 6.48 Å². The van der Waals surface area contributed by atoms with Crippen LogP contribution in [0.25, 0.3) is 21.5 Å². The monoisotopic (exact) mass is 935 g/mol. The summed E-state index contributed by atoms with van der Waals surface area (Å²) < 4.78 is 0. The van der Waals surface area contributed by atoms with Crippen LogP contribution in [0.4, 0.5) is 34.1 Å². The highest BCUT2D eigenvalue weighted by molar-refractivity contribution is 6.23. The third kappa shape index (κ3) is 7.78. The quantitative estimate of drug-likeness (QED) is 0.0996. The minimum atomic E-state index is 0.0521. The lowest BCUT2D eigenvalue weighted by atomic mass is 9.48. The standard InChI is InChI=1S/C69H78N2/c1-43(2)52-11-21-58(22-12-52)70(57-19-9-45(5)10-20-57)65-61-27-17-56(69-40-49-32-50(41-69)34-51(33-49)42-69)36-64(61)66(62-28-18-55(35-63(62)65)68-37-46-29-47(38-68)31-48(30-46)39-68)71(59-23-13-53(14-24-59)44(3)4)60-25-15-54(16-26-60)67(6,7)8/h9-28,35-36,43-44,46-51H,29-34,37-42H2,1-8H3. The van der Waals surface area contributed by atoms with Gasteiger partial charge >= 0.3 is 0 Å². The predicted octanol–water partition coefficient (Wildman–Crippen LogP) is 19.7. The van der Waals surface area contributed by atoms with E-state index in [4.69, 9.17) is 0 Å². The highest BCUT2D eigenvalue weighted by Crippen LogP contribution is 2.64. The zero-order valence-electron chi connectivity index (χ0n) is 44.2. The van der Waals surface area contributed by atoms with E-state index in [1.165, 1.54) is 155 Å². The summed E-state index contributed by atoms with van der Waals surface area (Å²) in [4.78, 5) is 5.33. The second-order valence-electron chi connectivity index (χ2n) is 26.4. The molecule has 2 heteroatoms. The third-order valence-corrected chi connectivity index (χ3v) is 19.7. The SMILES string of the molecule is Cc1ccc(N(c2ccc(C(C)C)cc2)c2c3ccc(C45CC6CC(CC(C6)C4)C5)cc3c(N(c3ccc(C(C)C)cc3)c3ccc(C(C)(C)C)cc3)c3ccc(C45CC6CC(CC(C6)C4)C5)cc23)cc1. The lowest BCUT2D eigenvalue weighted by Crippen LogP contribution is -2.48. The molecule has 0 aliphatic heterocycles. The van der Waals surface area contributed by atoms with Gasteiger partial charge in [0.05, 0.1) is 11.4 Å². The van der Waals surface area contributed by atoms with Gasteiger partial charge in [0.25, 0.3) is 0 Å².